The summed E-state index contributed by atoms with van der Waals surface area (Å²) in [6, 6.07) is -0.366. The van der Waals surface area contributed by atoms with E-state index in [4.69, 9.17) is 4.74 Å². The zero-order chi connectivity index (χ0) is 17.0. The topological polar surface area (TPSA) is 95.9 Å². The number of carbonyl (C=O) groups excluding carboxylic acids is 2. The largest absolute Gasteiger partial charge is 0.457 e. The van der Waals surface area contributed by atoms with Gasteiger partial charge in [0.25, 0.3) is 11.5 Å². The summed E-state index contributed by atoms with van der Waals surface area (Å²) in [6.07, 6.45) is 8.06. The number of piperidine rings is 1. The van der Waals surface area contributed by atoms with E-state index in [-0.39, 0.29) is 6.04 Å². The molecule has 0 unspecified atom stereocenters. The van der Waals surface area contributed by atoms with Crippen LogP contribution in [0.2, 0.25) is 0 Å². The number of rotatable bonds is 8. The van der Waals surface area contributed by atoms with E-state index in [1.165, 1.54) is 12.8 Å². The van der Waals surface area contributed by atoms with Crippen molar-refractivity contribution in [3.63, 3.8) is 0 Å². The number of hydrogen-bond donors (Lipinski definition) is 3. The van der Waals surface area contributed by atoms with Crippen molar-refractivity contribution < 1.29 is 24.5 Å². The molecule has 130 valence electrons. The van der Waals surface area contributed by atoms with Crippen molar-refractivity contribution in [1.82, 2.24) is 5.32 Å². The fourth-order valence-electron chi connectivity index (χ4n) is 3.27. The summed E-state index contributed by atoms with van der Waals surface area (Å²) in [7, 11) is 0. The van der Waals surface area contributed by atoms with Crippen molar-refractivity contribution in [3.05, 3.63) is 12.2 Å². The molecule has 0 aromatic carbocycles. The lowest BCUT2D eigenvalue weighted by Gasteiger charge is -2.33. The van der Waals surface area contributed by atoms with Gasteiger partial charge in [0.15, 0.2) is 0 Å². The van der Waals surface area contributed by atoms with Gasteiger partial charge in [0.1, 0.15) is 6.10 Å². The number of hydrogen-bond acceptors (Lipinski definition) is 5. The second-order valence-electron chi connectivity index (χ2n) is 6.58. The first kappa shape index (κ1) is 17.9. The number of aliphatic hydroxyl groups is 2. The maximum atomic E-state index is 12.0. The highest BCUT2D eigenvalue weighted by molar-refractivity contribution is 6.09. The average Bonchev–Trinajstić information content (AvgIpc) is 2.73. The molecule has 0 spiro atoms. The number of nitrogens with one attached hydrogen (secondary N) is 1. The highest BCUT2D eigenvalue weighted by atomic mass is 16.6. The molecular formula is C17H27NO5. The smallest absolute Gasteiger partial charge is 0.349 e. The van der Waals surface area contributed by atoms with Crippen molar-refractivity contribution in [2.75, 3.05) is 0 Å². The van der Waals surface area contributed by atoms with Crippen molar-refractivity contribution in [3.8, 4) is 0 Å². The summed E-state index contributed by atoms with van der Waals surface area (Å²) >= 11 is 0. The van der Waals surface area contributed by atoms with Crippen LogP contribution in [0.4, 0.5) is 0 Å². The Hall–Kier alpha value is -1.40. The first-order valence-electron chi connectivity index (χ1n) is 8.52. The molecule has 0 aliphatic carbocycles. The van der Waals surface area contributed by atoms with Gasteiger partial charge in [0, 0.05) is 0 Å². The molecular weight excluding hydrogens is 298 g/mol. The number of unbranched alkanes of at least 4 members (excludes halogenated alkanes) is 4. The quantitative estimate of drug-likeness (QED) is 0.268. The minimum absolute atomic E-state index is 0.366. The Balaban J connectivity index is 1.93. The molecule has 6 heteroatoms. The second kappa shape index (κ2) is 7.45. The molecule has 1 amide bonds. The minimum Gasteiger partial charge on any atom is -0.457 e. The fourth-order valence-corrected chi connectivity index (χ4v) is 3.27. The van der Waals surface area contributed by atoms with Gasteiger partial charge in [-0.1, -0.05) is 51.2 Å². The summed E-state index contributed by atoms with van der Waals surface area (Å²) in [5, 5.41) is 23.0. The first-order chi connectivity index (χ1) is 10.9. The van der Waals surface area contributed by atoms with Gasteiger partial charge in [-0.25, -0.2) is 4.79 Å². The lowest BCUT2D eigenvalue weighted by molar-refractivity contribution is -0.160. The Morgan fingerprint density at radius 3 is 2.70 bits per heavy atom. The van der Waals surface area contributed by atoms with E-state index in [0.717, 1.165) is 19.3 Å². The summed E-state index contributed by atoms with van der Waals surface area (Å²) in [6.45, 7) is 3.88. The van der Waals surface area contributed by atoms with E-state index >= 15 is 0 Å². The molecule has 0 radical (unpaired) electrons. The molecule has 0 aromatic heterocycles. The number of ether oxygens (including phenoxy) is 1. The molecule has 2 fully saturated rings. The summed E-state index contributed by atoms with van der Waals surface area (Å²) in [5.74, 6) is -2.39. The van der Waals surface area contributed by atoms with Crippen LogP contribution in [0.15, 0.2) is 12.2 Å². The Kier molecular flexibility index (Phi) is 5.81. The molecule has 0 saturated carbocycles. The zero-order valence-electron chi connectivity index (χ0n) is 13.8. The molecule has 2 heterocycles. The zero-order valence-corrected chi connectivity index (χ0v) is 13.8. The summed E-state index contributed by atoms with van der Waals surface area (Å²) in [4.78, 5) is 23.8. The summed E-state index contributed by atoms with van der Waals surface area (Å²) < 4.78 is 5.14. The standard InChI is InChI=1S/C17H27NO5/c1-3-4-5-6-7-8-12(19)9-10-13-14-11(2)18-15(20)17(13,22)16(21)23-14/h9-14,19,22H,3-8H2,1-2H3,(H,18,20)/b10-9+/t11-,12+,13+,14-,17+/m0/s1. The predicted molar refractivity (Wildman–Crippen MR) is 84.4 cm³/mol. The Morgan fingerprint density at radius 1 is 1.30 bits per heavy atom. The van der Waals surface area contributed by atoms with Crippen LogP contribution in [0.1, 0.15) is 52.4 Å². The number of aliphatic hydroxyl groups excluding tert-OH is 1. The molecule has 23 heavy (non-hydrogen) atoms. The molecule has 2 aliphatic heterocycles. The third kappa shape index (κ3) is 3.58. The van der Waals surface area contributed by atoms with Crippen molar-refractivity contribution in [1.29, 1.82) is 0 Å². The highest BCUT2D eigenvalue weighted by Crippen LogP contribution is 2.38. The van der Waals surface area contributed by atoms with Crippen molar-refractivity contribution in [2.45, 2.75) is 76.2 Å². The SMILES string of the molecule is CCCCCCC[C@@H](O)/C=C/[C@@H]1[C@H]2OC(=O)[C@]1(O)C(=O)N[C@H]2C. The Labute approximate surface area is 136 Å². The van der Waals surface area contributed by atoms with Crippen LogP contribution in [0.25, 0.3) is 0 Å². The molecule has 2 bridgehead atoms. The van der Waals surface area contributed by atoms with Gasteiger partial charge in [-0.05, 0) is 13.3 Å². The lowest BCUT2D eigenvalue weighted by atomic mass is 9.79. The van der Waals surface area contributed by atoms with Gasteiger partial charge in [0.2, 0.25) is 0 Å². The van der Waals surface area contributed by atoms with Crippen LogP contribution in [0.5, 0.6) is 0 Å². The number of carbonyl (C=O) groups is 2. The highest BCUT2D eigenvalue weighted by Gasteiger charge is 2.65. The van der Waals surface area contributed by atoms with Crippen LogP contribution in [-0.4, -0.2) is 45.9 Å². The van der Waals surface area contributed by atoms with Gasteiger partial charge in [-0.3, -0.25) is 4.79 Å². The van der Waals surface area contributed by atoms with Gasteiger partial charge in [0.05, 0.1) is 18.1 Å². The normalized spacial score (nSPS) is 34.5. The maximum Gasteiger partial charge on any atom is 0.349 e. The molecule has 3 N–H and O–H groups in total. The summed E-state index contributed by atoms with van der Waals surface area (Å²) in [5.41, 5.74) is -2.17. The van der Waals surface area contributed by atoms with E-state index in [9.17, 15) is 19.8 Å². The number of amides is 1. The predicted octanol–water partition coefficient (Wildman–Crippen LogP) is 1.05. The van der Waals surface area contributed by atoms with E-state index in [0.29, 0.717) is 6.42 Å². The van der Waals surface area contributed by atoms with Crippen LogP contribution >= 0.6 is 0 Å². The Morgan fingerprint density at radius 2 is 2.00 bits per heavy atom. The third-order valence-corrected chi connectivity index (χ3v) is 4.73. The van der Waals surface area contributed by atoms with Crippen LogP contribution < -0.4 is 5.32 Å². The maximum absolute atomic E-state index is 12.0. The molecule has 2 aliphatic rings. The average molecular weight is 325 g/mol. The molecule has 0 aromatic rings. The van der Waals surface area contributed by atoms with Crippen LogP contribution in [0, 0.1) is 5.92 Å². The van der Waals surface area contributed by atoms with E-state index in [1.54, 1.807) is 19.1 Å². The second-order valence-corrected chi connectivity index (χ2v) is 6.58. The van der Waals surface area contributed by atoms with Crippen molar-refractivity contribution >= 4 is 11.9 Å². The molecule has 5 atom stereocenters. The number of esters is 1. The van der Waals surface area contributed by atoms with Gasteiger partial charge >= 0.3 is 5.97 Å². The van der Waals surface area contributed by atoms with E-state index < -0.39 is 35.6 Å². The number of fused-ring (bicyclic) bond motifs is 2. The van der Waals surface area contributed by atoms with E-state index in [2.05, 4.69) is 12.2 Å². The first-order valence-corrected chi connectivity index (χ1v) is 8.52. The van der Waals surface area contributed by atoms with Gasteiger partial charge < -0.3 is 20.3 Å². The monoisotopic (exact) mass is 325 g/mol. The fraction of sp³-hybridized carbons (Fsp3) is 0.765. The molecule has 2 rings (SSSR count). The Bertz CT molecular complexity index is 478. The van der Waals surface area contributed by atoms with Gasteiger partial charge in [-0.2, -0.15) is 0 Å². The lowest BCUT2D eigenvalue weighted by Crippen LogP contribution is -2.62. The molecule has 6 nitrogen and oxygen atoms in total. The van der Waals surface area contributed by atoms with Crippen LogP contribution in [0.3, 0.4) is 0 Å². The van der Waals surface area contributed by atoms with E-state index in [1.807, 2.05) is 0 Å². The van der Waals surface area contributed by atoms with Crippen LogP contribution in [-0.2, 0) is 14.3 Å². The van der Waals surface area contributed by atoms with Crippen molar-refractivity contribution in [2.24, 2.45) is 5.92 Å². The molecule has 2 saturated heterocycles. The minimum atomic E-state index is -2.17. The third-order valence-electron chi connectivity index (χ3n) is 4.73. The van der Waals surface area contributed by atoms with Gasteiger partial charge in [-0.15, -0.1) is 0 Å².